The molecule has 2 aliphatic carbocycles. The zero-order valence-electron chi connectivity index (χ0n) is 9.76. The number of carbonyl (C=O) groups is 2. The van der Waals surface area contributed by atoms with E-state index in [4.69, 9.17) is 5.73 Å². The largest absolute Gasteiger partial charge is 0.366 e. The quantitative estimate of drug-likeness (QED) is 0.818. The SMILES string of the molecule is NC(=O)c1ccsc1NC(=O)[C@H]1C[C@H]2C=C[C@H]1C2. The molecule has 0 aromatic carbocycles. The molecule has 0 saturated heterocycles. The molecule has 5 heteroatoms. The molecule has 2 amide bonds. The van der Waals surface area contributed by atoms with Crippen molar-refractivity contribution in [3.05, 3.63) is 29.2 Å². The average molecular weight is 262 g/mol. The van der Waals surface area contributed by atoms with Gasteiger partial charge in [0.15, 0.2) is 0 Å². The van der Waals surface area contributed by atoms with Gasteiger partial charge in [0.2, 0.25) is 5.91 Å². The zero-order valence-corrected chi connectivity index (χ0v) is 10.6. The third-order valence-corrected chi connectivity index (χ3v) is 4.61. The first-order valence-electron chi connectivity index (χ1n) is 6.01. The maximum absolute atomic E-state index is 12.2. The van der Waals surface area contributed by atoms with Gasteiger partial charge in [0, 0.05) is 5.92 Å². The first-order chi connectivity index (χ1) is 8.65. The number of allylic oxidation sites excluding steroid dienone is 2. The van der Waals surface area contributed by atoms with Crippen LogP contribution in [0.1, 0.15) is 23.2 Å². The maximum atomic E-state index is 12.2. The van der Waals surface area contributed by atoms with Gasteiger partial charge >= 0.3 is 0 Å². The smallest absolute Gasteiger partial charge is 0.251 e. The van der Waals surface area contributed by atoms with E-state index < -0.39 is 5.91 Å². The number of hydrogen-bond acceptors (Lipinski definition) is 3. The zero-order chi connectivity index (χ0) is 12.7. The normalized spacial score (nSPS) is 28.6. The molecule has 2 bridgehead atoms. The van der Waals surface area contributed by atoms with Gasteiger partial charge in [0.25, 0.3) is 5.91 Å². The summed E-state index contributed by atoms with van der Waals surface area (Å²) < 4.78 is 0. The Kier molecular flexibility index (Phi) is 2.70. The minimum atomic E-state index is -0.501. The Balaban J connectivity index is 1.73. The molecule has 3 rings (SSSR count). The molecule has 1 aromatic heterocycles. The minimum Gasteiger partial charge on any atom is -0.366 e. The number of rotatable bonds is 3. The lowest BCUT2D eigenvalue weighted by atomic mass is 9.93. The van der Waals surface area contributed by atoms with Crippen molar-refractivity contribution in [2.75, 3.05) is 5.32 Å². The molecule has 2 aliphatic rings. The van der Waals surface area contributed by atoms with Crippen LogP contribution in [0.3, 0.4) is 0 Å². The Labute approximate surface area is 109 Å². The highest BCUT2D eigenvalue weighted by atomic mass is 32.1. The van der Waals surface area contributed by atoms with E-state index in [-0.39, 0.29) is 11.8 Å². The van der Waals surface area contributed by atoms with E-state index in [0.29, 0.717) is 22.4 Å². The van der Waals surface area contributed by atoms with Crippen molar-refractivity contribution in [3.63, 3.8) is 0 Å². The average Bonchev–Trinajstić information content (AvgIpc) is 3.03. The van der Waals surface area contributed by atoms with E-state index in [1.807, 2.05) is 0 Å². The highest BCUT2D eigenvalue weighted by Gasteiger charge is 2.40. The second kappa shape index (κ2) is 4.24. The molecule has 3 atom stereocenters. The van der Waals surface area contributed by atoms with Gasteiger partial charge in [0.1, 0.15) is 5.00 Å². The lowest BCUT2D eigenvalue weighted by Gasteiger charge is -2.17. The molecule has 0 radical (unpaired) electrons. The molecule has 1 fully saturated rings. The van der Waals surface area contributed by atoms with Crippen molar-refractivity contribution in [2.24, 2.45) is 23.5 Å². The monoisotopic (exact) mass is 262 g/mol. The molecule has 0 unspecified atom stereocenters. The van der Waals surface area contributed by atoms with E-state index in [2.05, 4.69) is 17.5 Å². The Hall–Kier alpha value is -1.62. The number of primary amides is 1. The van der Waals surface area contributed by atoms with E-state index >= 15 is 0 Å². The van der Waals surface area contributed by atoms with Gasteiger partial charge in [-0.3, -0.25) is 9.59 Å². The lowest BCUT2D eigenvalue weighted by molar-refractivity contribution is -0.120. The molecular formula is C13H14N2O2S. The summed E-state index contributed by atoms with van der Waals surface area (Å²) in [5.41, 5.74) is 5.65. The number of amides is 2. The number of carbonyl (C=O) groups excluding carboxylic acids is 2. The fourth-order valence-corrected chi connectivity index (χ4v) is 3.68. The first kappa shape index (κ1) is 11.5. The summed E-state index contributed by atoms with van der Waals surface area (Å²) in [5, 5.41) is 5.17. The van der Waals surface area contributed by atoms with Crippen molar-refractivity contribution in [2.45, 2.75) is 12.8 Å². The van der Waals surface area contributed by atoms with E-state index in [1.54, 1.807) is 11.4 Å². The summed E-state index contributed by atoms with van der Waals surface area (Å²) in [7, 11) is 0. The van der Waals surface area contributed by atoms with Gasteiger partial charge in [0.05, 0.1) is 5.56 Å². The van der Waals surface area contributed by atoms with Crippen molar-refractivity contribution in [1.82, 2.24) is 0 Å². The lowest BCUT2D eigenvalue weighted by Crippen LogP contribution is -2.26. The first-order valence-corrected chi connectivity index (χ1v) is 6.89. The minimum absolute atomic E-state index is 0.0109. The van der Waals surface area contributed by atoms with E-state index in [1.165, 1.54) is 11.3 Å². The predicted octanol–water partition coefficient (Wildman–Crippen LogP) is 2.00. The highest BCUT2D eigenvalue weighted by molar-refractivity contribution is 7.14. The van der Waals surface area contributed by atoms with Crippen molar-refractivity contribution in [1.29, 1.82) is 0 Å². The summed E-state index contributed by atoms with van der Waals surface area (Å²) in [5.74, 6) is 0.482. The van der Waals surface area contributed by atoms with Crippen LogP contribution in [0.4, 0.5) is 5.00 Å². The van der Waals surface area contributed by atoms with Crippen LogP contribution in [0, 0.1) is 17.8 Å². The molecule has 4 nitrogen and oxygen atoms in total. The van der Waals surface area contributed by atoms with Gasteiger partial charge in [-0.2, -0.15) is 0 Å². The second-order valence-electron chi connectivity index (χ2n) is 4.90. The summed E-state index contributed by atoms with van der Waals surface area (Å²) in [4.78, 5) is 23.4. The number of hydrogen-bond donors (Lipinski definition) is 2. The summed E-state index contributed by atoms with van der Waals surface area (Å²) in [6.07, 6.45) is 6.35. The topological polar surface area (TPSA) is 72.2 Å². The number of anilines is 1. The van der Waals surface area contributed by atoms with Crippen LogP contribution in [0.2, 0.25) is 0 Å². The van der Waals surface area contributed by atoms with Gasteiger partial charge in [-0.05, 0) is 36.1 Å². The van der Waals surface area contributed by atoms with Gasteiger partial charge < -0.3 is 11.1 Å². The molecule has 0 aliphatic heterocycles. The van der Waals surface area contributed by atoms with Crippen LogP contribution < -0.4 is 11.1 Å². The molecular weight excluding hydrogens is 248 g/mol. The summed E-state index contributed by atoms with van der Waals surface area (Å²) >= 11 is 1.33. The second-order valence-corrected chi connectivity index (χ2v) is 5.82. The van der Waals surface area contributed by atoms with Crippen LogP contribution in [0.5, 0.6) is 0 Å². The number of fused-ring (bicyclic) bond motifs is 2. The Morgan fingerprint density at radius 2 is 2.17 bits per heavy atom. The van der Waals surface area contributed by atoms with Crippen LogP contribution in [0.25, 0.3) is 0 Å². The Morgan fingerprint density at radius 1 is 1.33 bits per heavy atom. The maximum Gasteiger partial charge on any atom is 0.251 e. The van der Waals surface area contributed by atoms with Crippen molar-refractivity contribution in [3.8, 4) is 0 Å². The molecule has 18 heavy (non-hydrogen) atoms. The molecule has 94 valence electrons. The standard InChI is InChI=1S/C13H14N2O2S/c14-11(16)9-3-4-18-13(9)15-12(17)10-6-7-1-2-8(10)5-7/h1-4,7-8,10H,5-6H2,(H2,14,16)(H,15,17)/t7-,8-,10-/m0/s1. The van der Waals surface area contributed by atoms with Crippen LogP contribution >= 0.6 is 11.3 Å². The third kappa shape index (κ3) is 1.84. The number of nitrogens with two attached hydrogens (primary N) is 1. The Morgan fingerprint density at radius 3 is 2.78 bits per heavy atom. The molecule has 1 aromatic rings. The van der Waals surface area contributed by atoms with Crippen LogP contribution in [-0.4, -0.2) is 11.8 Å². The van der Waals surface area contributed by atoms with Crippen LogP contribution in [-0.2, 0) is 4.79 Å². The van der Waals surface area contributed by atoms with Crippen LogP contribution in [0.15, 0.2) is 23.6 Å². The summed E-state index contributed by atoms with van der Waals surface area (Å²) in [6.45, 7) is 0. The van der Waals surface area contributed by atoms with Gasteiger partial charge in [-0.1, -0.05) is 12.2 Å². The highest BCUT2D eigenvalue weighted by Crippen LogP contribution is 2.44. The Bertz CT molecular complexity index is 535. The molecule has 1 saturated carbocycles. The fourth-order valence-electron chi connectivity index (χ4n) is 2.89. The molecule has 1 heterocycles. The summed E-state index contributed by atoms with van der Waals surface area (Å²) in [6, 6.07) is 1.64. The molecule has 3 N–H and O–H groups in total. The predicted molar refractivity (Wildman–Crippen MR) is 70.3 cm³/mol. The number of nitrogens with one attached hydrogen (secondary N) is 1. The van der Waals surface area contributed by atoms with E-state index in [9.17, 15) is 9.59 Å². The molecule has 0 spiro atoms. The van der Waals surface area contributed by atoms with Crippen molar-refractivity contribution >= 4 is 28.2 Å². The third-order valence-electron chi connectivity index (χ3n) is 3.78. The van der Waals surface area contributed by atoms with E-state index in [0.717, 1.165) is 12.8 Å². The number of thiophene rings is 1. The van der Waals surface area contributed by atoms with Gasteiger partial charge in [-0.25, -0.2) is 0 Å². The van der Waals surface area contributed by atoms with Crippen molar-refractivity contribution < 1.29 is 9.59 Å². The fraction of sp³-hybridized carbons (Fsp3) is 0.385. The van der Waals surface area contributed by atoms with Gasteiger partial charge in [-0.15, -0.1) is 11.3 Å².